The van der Waals surface area contributed by atoms with E-state index in [0.717, 1.165) is 17.8 Å². The summed E-state index contributed by atoms with van der Waals surface area (Å²) in [5.41, 5.74) is 4.88. The zero-order valence-electron chi connectivity index (χ0n) is 6.04. The van der Waals surface area contributed by atoms with E-state index in [0.29, 0.717) is 5.75 Å². The second kappa shape index (κ2) is 5.04. The van der Waals surface area contributed by atoms with Gasteiger partial charge in [-0.05, 0) is 12.7 Å². The SMILES string of the molecule is C[C@@](N)(C=O)CSCCS. The zero-order valence-corrected chi connectivity index (χ0v) is 7.75. The second-order valence-corrected chi connectivity index (χ2v) is 3.95. The molecule has 0 spiro atoms. The van der Waals surface area contributed by atoms with Crippen LogP contribution in [0.25, 0.3) is 0 Å². The van der Waals surface area contributed by atoms with E-state index in [9.17, 15) is 4.79 Å². The first kappa shape index (κ1) is 10.3. The molecule has 0 fully saturated rings. The highest BCUT2D eigenvalue weighted by atomic mass is 32.2. The summed E-state index contributed by atoms with van der Waals surface area (Å²) < 4.78 is 0. The average Bonchev–Trinajstić information content (AvgIpc) is 1.89. The molecule has 0 saturated heterocycles. The van der Waals surface area contributed by atoms with Gasteiger partial charge in [0.25, 0.3) is 0 Å². The largest absolute Gasteiger partial charge is 0.319 e. The van der Waals surface area contributed by atoms with Crippen molar-refractivity contribution in [2.24, 2.45) is 5.73 Å². The number of aldehydes is 1. The van der Waals surface area contributed by atoms with Gasteiger partial charge in [0.15, 0.2) is 0 Å². The van der Waals surface area contributed by atoms with Crippen molar-refractivity contribution >= 4 is 30.7 Å². The number of thiol groups is 1. The Morgan fingerprint density at radius 1 is 1.80 bits per heavy atom. The number of hydrogen-bond donors (Lipinski definition) is 2. The van der Waals surface area contributed by atoms with Crippen molar-refractivity contribution < 1.29 is 4.79 Å². The minimum atomic E-state index is -0.659. The van der Waals surface area contributed by atoms with Gasteiger partial charge in [-0.1, -0.05) is 0 Å². The van der Waals surface area contributed by atoms with Crippen LogP contribution in [0.3, 0.4) is 0 Å². The van der Waals surface area contributed by atoms with Gasteiger partial charge in [-0.2, -0.15) is 24.4 Å². The number of rotatable bonds is 5. The highest BCUT2D eigenvalue weighted by Gasteiger charge is 2.15. The molecular formula is C6H13NOS2. The van der Waals surface area contributed by atoms with Crippen molar-refractivity contribution in [3.05, 3.63) is 0 Å². The highest BCUT2D eigenvalue weighted by Crippen LogP contribution is 2.07. The molecule has 0 unspecified atom stereocenters. The van der Waals surface area contributed by atoms with Gasteiger partial charge in [-0.25, -0.2) is 0 Å². The van der Waals surface area contributed by atoms with Crippen LogP contribution in [0.1, 0.15) is 6.92 Å². The summed E-state index contributed by atoms with van der Waals surface area (Å²) in [6.07, 6.45) is 0.790. The molecular weight excluding hydrogens is 166 g/mol. The molecule has 2 nitrogen and oxygen atoms in total. The van der Waals surface area contributed by atoms with Crippen molar-refractivity contribution in [1.29, 1.82) is 0 Å². The Kier molecular flexibility index (Phi) is 5.21. The van der Waals surface area contributed by atoms with Crippen LogP contribution in [0.4, 0.5) is 0 Å². The van der Waals surface area contributed by atoms with E-state index >= 15 is 0 Å². The summed E-state index contributed by atoms with van der Waals surface area (Å²) >= 11 is 5.68. The van der Waals surface area contributed by atoms with Crippen LogP contribution in [0.2, 0.25) is 0 Å². The molecule has 4 heteroatoms. The Hall–Kier alpha value is 0.330. The average molecular weight is 179 g/mol. The third kappa shape index (κ3) is 5.14. The van der Waals surface area contributed by atoms with Gasteiger partial charge in [-0.3, -0.25) is 0 Å². The van der Waals surface area contributed by atoms with Gasteiger partial charge >= 0.3 is 0 Å². The molecule has 0 rings (SSSR count). The van der Waals surface area contributed by atoms with E-state index in [4.69, 9.17) is 5.73 Å². The first-order valence-corrected chi connectivity index (χ1v) is 4.85. The van der Waals surface area contributed by atoms with Crippen molar-refractivity contribution in [1.82, 2.24) is 0 Å². The molecule has 1 atom stereocenters. The fraction of sp³-hybridized carbons (Fsp3) is 0.833. The van der Waals surface area contributed by atoms with E-state index < -0.39 is 5.54 Å². The van der Waals surface area contributed by atoms with Crippen LogP contribution in [0.15, 0.2) is 0 Å². The molecule has 0 aromatic rings. The predicted octanol–water partition coefficient (Wildman–Crippen LogP) is 0.566. The monoisotopic (exact) mass is 179 g/mol. The quantitative estimate of drug-likeness (QED) is 0.368. The lowest BCUT2D eigenvalue weighted by Gasteiger charge is -2.14. The smallest absolute Gasteiger partial charge is 0.140 e. The normalized spacial score (nSPS) is 16.3. The van der Waals surface area contributed by atoms with Crippen LogP contribution in [-0.2, 0) is 4.79 Å². The van der Waals surface area contributed by atoms with Crippen LogP contribution in [-0.4, -0.2) is 29.1 Å². The molecule has 0 aliphatic carbocycles. The van der Waals surface area contributed by atoms with Gasteiger partial charge in [0.2, 0.25) is 0 Å². The zero-order chi connectivity index (χ0) is 8.04. The minimum Gasteiger partial charge on any atom is -0.319 e. The lowest BCUT2D eigenvalue weighted by molar-refractivity contribution is -0.111. The molecule has 0 amide bonds. The van der Waals surface area contributed by atoms with E-state index in [1.165, 1.54) is 0 Å². The molecule has 0 aliphatic rings. The number of nitrogens with two attached hydrogens (primary N) is 1. The molecule has 0 saturated carbocycles. The van der Waals surface area contributed by atoms with Gasteiger partial charge in [0.05, 0.1) is 5.54 Å². The van der Waals surface area contributed by atoms with Gasteiger partial charge < -0.3 is 10.5 Å². The molecule has 0 aliphatic heterocycles. The summed E-state index contributed by atoms with van der Waals surface area (Å²) in [5, 5.41) is 0. The summed E-state index contributed by atoms with van der Waals surface area (Å²) in [4.78, 5) is 10.3. The summed E-state index contributed by atoms with van der Waals surface area (Å²) in [6, 6.07) is 0. The number of carbonyl (C=O) groups excluding carboxylic acids is 1. The lowest BCUT2D eigenvalue weighted by Crippen LogP contribution is -2.40. The third-order valence-corrected chi connectivity index (χ3v) is 2.76. The Labute approximate surface area is 71.3 Å². The van der Waals surface area contributed by atoms with E-state index in [2.05, 4.69) is 12.6 Å². The summed E-state index contributed by atoms with van der Waals surface area (Å²) in [5.74, 6) is 2.46. The third-order valence-electron chi connectivity index (χ3n) is 0.918. The van der Waals surface area contributed by atoms with E-state index in [1.54, 1.807) is 18.7 Å². The molecule has 10 heavy (non-hydrogen) atoms. The van der Waals surface area contributed by atoms with Crippen molar-refractivity contribution in [3.63, 3.8) is 0 Å². The number of thioether (sulfide) groups is 1. The Morgan fingerprint density at radius 2 is 2.40 bits per heavy atom. The maximum absolute atomic E-state index is 10.3. The number of hydrogen-bond acceptors (Lipinski definition) is 4. The topological polar surface area (TPSA) is 43.1 Å². The van der Waals surface area contributed by atoms with Crippen LogP contribution in [0.5, 0.6) is 0 Å². The molecule has 60 valence electrons. The van der Waals surface area contributed by atoms with Gasteiger partial charge in [0, 0.05) is 11.5 Å². The molecule has 0 heterocycles. The Bertz CT molecular complexity index is 106. The molecule has 0 bridgehead atoms. The molecule has 2 N–H and O–H groups in total. The fourth-order valence-electron chi connectivity index (χ4n) is 0.391. The highest BCUT2D eigenvalue weighted by molar-refractivity contribution is 8.00. The van der Waals surface area contributed by atoms with Crippen LogP contribution < -0.4 is 5.73 Å². The number of carbonyl (C=O) groups is 1. The van der Waals surface area contributed by atoms with Gasteiger partial charge in [-0.15, -0.1) is 0 Å². The van der Waals surface area contributed by atoms with Crippen LogP contribution in [0, 0.1) is 0 Å². The summed E-state index contributed by atoms with van der Waals surface area (Å²) in [6.45, 7) is 1.73. The molecule has 0 aromatic heterocycles. The minimum absolute atomic E-state index is 0.659. The molecule has 0 radical (unpaired) electrons. The fourth-order valence-corrected chi connectivity index (χ4v) is 1.56. The Balaban J connectivity index is 3.37. The first-order valence-electron chi connectivity index (χ1n) is 3.06. The first-order chi connectivity index (χ1) is 4.62. The molecule has 0 aromatic carbocycles. The van der Waals surface area contributed by atoms with Crippen molar-refractivity contribution in [2.45, 2.75) is 12.5 Å². The van der Waals surface area contributed by atoms with E-state index in [1.807, 2.05) is 0 Å². The lowest BCUT2D eigenvalue weighted by atomic mass is 10.1. The predicted molar refractivity (Wildman–Crippen MR) is 49.8 cm³/mol. The van der Waals surface area contributed by atoms with Gasteiger partial charge in [0.1, 0.15) is 6.29 Å². The second-order valence-electron chi connectivity index (χ2n) is 2.40. The maximum atomic E-state index is 10.3. The van der Waals surface area contributed by atoms with Crippen molar-refractivity contribution in [2.75, 3.05) is 17.3 Å². The maximum Gasteiger partial charge on any atom is 0.140 e. The van der Waals surface area contributed by atoms with Crippen LogP contribution >= 0.6 is 24.4 Å². The van der Waals surface area contributed by atoms with E-state index in [-0.39, 0.29) is 0 Å². The summed E-state index contributed by atoms with van der Waals surface area (Å²) in [7, 11) is 0. The standard InChI is InChI=1S/C6H13NOS2/c1-6(7,4-8)5-10-3-2-9/h4,9H,2-3,5,7H2,1H3/t6-/m1/s1. The van der Waals surface area contributed by atoms with Crippen molar-refractivity contribution in [3.8, 4) is 0 Å². The Morgan fingerprint density at radius 3 is 2.80 bits per heavy atom.